The maximum atomic E-state index is 13.3. The standard InChI is InChI=1S/C13H9FNO2/c14-11-6-5-9(7-12(11)15-8-16)10-3-1-2-4-13(10)17/h1-2,4-8,17H,(H,15,16). The highest BCUT2D eigenvalue weighted by atomic mass is 19.1. The third-order valence-electron chi connectivity index (χ3n) is 2.30. The summed E-state index contributed by atoms with van der Waals surface area (Å²) in [5, 5.41) is 11.9. The Kier molecular flexibility index (Phi) is 3.05. The lowest BCUT2D eigenvalue weighted by atomic mass is 10.0. The Balaban J connectivity index is 2.50. The van der Waals surface area contributed by atoms with Gasteiger partial charge >= 0.3 is 0 Å². The highest BCUT2D eigenvalue weighted by Crippen LogP contribution is 2.30. The van der Waals surface area contributed by atoms with Crippen LogP contribution in [0.1, 0.15) is 0 Å². The molecule has 1 amide bonds. The topological polar surface area (TPSA) is 49.3 Å². The van der Waals surface area contributed by atoms with E-state index in [2.05, 4.69) is 11.4 Å². The predicted octanol–water partition coefficient (Wildman–Crippen LogP) is 2.57. The van der Waals surface area contributed by atoms with Crippen LogP contribution in [0.4, 0.5) is 10.1 Å². The Bertz CT molecular complexity index is 555. The lowest BCUT2D eigenvalue weighted by Gasteiger charge is -2.07. The molecule has 0 aliphatic rings. The van der Waals surface area contributed by atoms with Crippen LogP contribution < -0.4 is 5.32 Å². The Hall–Kier alpha value is -2.36. The maximum absolute atomic E-state index is 13.3. The Morgan fingerprint density at radius 1 is 1.35 bits per heavy atom. The number of rotatable bonds is 3. The van der Waals surface area contributed by atoms with E-state index in [0.717, 1.165) is 0 Å². The number of benzene rings is 2. The maximum Gasteiger partial charge on any atom is 0.211 e. The summed E-state index contributed by atoms with van der Waals surface area (Å²) in [5.41, 5.74) is 1.10. The predicted molar refractivity (Wildman–Crippen MR) is 62.0 cm³/mol. The molecule has 0 saturated heterocycles. The fourth-order valence-electron chi connectivity index (χ4n) is 1.51. The molecule has 1 radical (unpaired) electrons. The molecule has 4 heteroatoms. The number of hydrogen-bond acceptors (Lipinski definition) is 2. The van der Waals surface area contributed by atoms with Crippen molar-refractivity contribution in [2.45, 2.75) is 0 Å². The third kappa shape index (κ3) is 2.25. The molecule has 0 saturated carbocycles. The van der Waals surface area contributed by atoms with Gasteiger partial charge in [0.2, 0.25) is 6.41 Å². The molecule has 17 heavy (non-hydrogen) atoms. The fourth-order valence-corrected chi connectivity index (χ4v) is 1.51. The molecule has 0 unspecified atom stereocenters. The van der Waals surface area contributed by atoms with Crippen LogP contribution in [-0.2, 0) is 4.79 Å². The van der Waals surface area contributed by atoms with Crippen LogP contribution in [0.5, 0.6) is 5.75 Å². The number of carbonyl (C=O) groups is 1. The molecule has 0 aliphatic carbocycles. The van der Waals surface area contributed by atoms with Gasteiger partial charge in [-0.25, -0.2) is 4.39 Å². The highest BCUT2D eigenvalue weighted by molar-refractivity contribution is 5.78. The molecule has 0 fully saturated rings. The highest BCUT2D eigenvalue weighted by Gasteiger charge is 2.07. The Labute approximate surface area is 97.5 Å². The van der Waals surface area contributed by atoms with Crippen LogP contribution in [0.3, 0.4) is 0 Å². The van der Waals surface area contributed by atoms with Gasteiger partial charge in [-0.3, -0.25) is 4.79 Å². The number of aromatic hydroxyl groups is 1. The Morgan fingerprint density at radius 2 is 2.18 bits per heavy atom. The zero-order valence-electron chi connectivity index (χ0n) is 8.77. The van der Waals surface area contributed by atoms with Crippen LogP contribution in [-0.4, -0.2) is 11.5 Å². The van der Waals surface area contributed by atoms with Gasteiger partial charge in [-0.1, -0.05) is 18.2 Å². The molecule has 0 aromatic heterocycles. The van der Waals surface area contributed by atoms with E-state index in [0.29, 0.717) is 17.5 Å². The lowest BCUT2D eigenvalue weighted by Crippen LogP contribution is -1.97. The number of phenolic OH excluding ortho intramolecular Hbond substituents is 1. The molecule has 2 rings (SSSR count). The summed E-state index contributed by atoms with van der Waals surface area (Å²) < 4.78 is 13.3. The van der Waals surface area contributed by atoms with E-state index in [1.807, 2.05) is 0 Å². The minimum atomic E-state index is -0.531. The van der Waals surface area contributed by atoms with Crippen LogP contribution >= 0.6 is 0 Å². The molecule has 2 N–H and O–H groups in total. The van der Waals surface area contributed by atoms with E-state index in [1.54, 1.807) is 12.1 Å². The Morgan fingerprint density at radius 3 is 2.88 bits per heavy atom. The summed E-state index contributed by atoms with van der Waals surface area (Å²) in [6.45, 7) is 0. The van der Waals surface area contributed by atoms with E-state index in [-0.39, 0.29) is 11.4 Å². The second-order valence-corrected chi connectivity index (χ2v) is 3.39. The SMILES string of the molecule is O=CNc1cc(-c2[c]cccc2O)ccc1F. The first-order valence-corrected chi connectivity index (χ1v) is 4.92. The van der Waals surface area contributed by atoms with Crippen molar-refractivity contribution in [2.75, 3.05) is 5.32 Å². The molecule has 2 aromatic rings. The summed E-state index contributed by atoms with van der Waals surface area (Å²) >= 11 is 0. The van der Waals surface area contributed by atoms with Crippen molar-refractivity contribution in [1.82, 2.24) is 0 Å². The molecular weight excluding hydrogens is 221 g/mol. The van der Waals surface area contributed by atoms with Crippen LogP contribution in [0.25, 0.3) is 11.1 Å². The van der Waals surface area contributed by atoms with Gasteiger partial charge in [0.15, 0.2) is 0 Å². The van der Waals surface area contributed by atoms with Crippen LogP contribution in [0.15, 0.2) is 36.4 Å². The van der Waals surface area contributed by atoms with Crippen LogP contribution in [0.2, 0.25) is 0 Å². The monoisotopic (exact) mass is 230 g/mol. The second kappa shape index (κ2) is 4.65. The first kappa shape index (κ1) is 11.1. The van der Waals surface area contributed by atoms with E-state index in [4.69, 9.17) is 0 Å². The van der Waals surface area contributed by atoms with Crippen molar-refractivity contribution in [3.63, 3.8) is 0 Å². The van der Waals surface area contributed by atoms with Gasteiger partial charge in [-0.15, -0.1) is 0 Å². The quantitative estimate of drug-likeness (QED) is 0.796. The van der Waals surface area contributed by atoms with Crippen molar-refractivity contribution < 1.29 is 14.3 Å². The largest absolute Gasteiger partial charge is 0.507 e. The van der Waals surface area contributed by atoms with Gasteiger partial charge in [0.05, 0.1) is 5.69 Å². The van der Waals surface area contributed by atoms with Crippen molar-refractivity contribution in [1.29, 1.82) is 0 Å². The van der Waals surface area contributed by atoms with Gasteiger partial charge in [-0.05, 0) is 29.8 Å². The minimum Gasteiger partial charge on any atom is -0.507 e. The zero-order chi connectivity index (χ0) is 12.3. The molecule has 0 heterocycles. The molecule has 0 aliphatic heterocycles. The molecule has 85 valence electrons. The number of amides is 1. The number of halogens is 1. The van der Waals surface area contributed by atoms with E-state index >= 15 is 0 Å². The first-order chi connectivity index (χ1) is 8.22. The first-order valence-electron chi connectivity index (χ1n) is 4.92. The second-order valence-electron chi connectivity index (χ2n) is 3.39. The van der Waals surface area contributed by atoms with Crippen molar-refractivity contribution in [2.24, 2.45) is 0 Å². The average Bonchev–Trinajstić information content (AvgIpc) is 2.33. The van der Waals surface area contributed by atoms with Gasteiger partial charge < -0.3 is 10.4 Å². The molecular formula is C13H9FNO2. The van der Waals surface area contributed by atoms with Crippen molar-refractivity contribution in [3.05, 3.63) is 48.3 Å². The van der Waals surface area contributed by atoms with E-state index < -0.39 is 5.82 Å². The number of anilines is 1. The molecule has 0 spiro atoms. The van der Waals surface area contributed by atoms with E-state index in [9.17, 15) is 14.3 Å². The lowest BCUT2D eigenvalue weighted by molar-refractivity contribution is -0.105. The van der Waals surface area contributed by atoms with Gasteiger partial charge in [-0.2, -0.15) is 0 Å². The molecule has 3 nitrogen and oxygen atoms in total. The fraction of sp³-hybridized carbons (Fsp3) is 0. The molecule has 0 atom stereocenters. The normalized spacial score (nSPS) is 9.94. The summed E-state index contributed by atoms with van der Waals surface area (Å²) in [4.78, 5) is 10.3. The van der Waals surface area contributed by atoms with Gasteiger partial charge in [0, 0.05) is 5.56 Å². The number of nitrogens with one attached hydrogen (secondary N) is 1. The van der Waals surface area contributed by atoms with Crippen LogP contribution in [0, 0.1) is 11.9 Å². The minimum absolute atomic E-state index is 0.0520. The molecule has 2 aromatic carbocycles. The summed E-state index contributed by atoms with van der Waals surface area (Å²) in [5.74, 6) is -0.479. The molecule has 0 bridgehead atoms. The third-order valence-corrected chi connectivity index (χ3v) is 2.30. The van der Waals surface area contributed by atoms with Crippen molar-refractivity contribution >= 4 is 12.1 Å². The summed E-state index contributed by atoms with van der Waals surface area (Å²) in [6.07, 6.45) is 0.400. The van der Waals surface area contributed by atoms with Crippen molar-refractivity contribution in [3.8, 4) is 16.9 Å². The average molecular weight is 230 g/mol. The number of carbonyl (C=O) groups excluding carboxylic acids is 1. The zero-order valence-corrected chi connectivity index (χ0v) is 8.77. The summed E-state index contributed by atoms with van der Waals surface area (Å²) in [7, 11) is 0. The summed E-state index contributed by atoms with van der Waals surface area (Å²) in [6, 6.07) is 11.8. The van der Waals surface area contributed by atoms with E-state index in [1.165, 1.54) is 24.3 Å². The number of hydrogen-bond donors (Lipinski definition) is 2. The smallest absolute Gasteiger partial charge is 0.211 e. The van der Waals surface area contributed by atoms with Gasteiger partial charge in [0.25, 0.3) is 0 Å². The number of phenols is 1. The van der Waals surface area contributed by atoms with Gasteiger partial charge in [0.1, 0.15) is 11.6 Å².